The van der Waals surface area contributed by atoms with Gasteiger partial charge in [-0.05, 0) is 0 Å². The third-order valence-corrected chi connectivity index (χ3v) is 2.58. The molecule has 1 aliphatic heterocycles. The van der Waals surface area contributed by atoms with Gasteiger partial charge in [0.25, 0.3) is 0 Å². The molecule has 1 rings (SSSR count). The maximum atomic E-state index is 10.2. The molecule has 1 aliphatic rings. The van der Waals surface area contributed by atoms with Crippen molar-refractivity contribution < 1.29 is 44.0 Å². The number of hydrogen-bond acceptors (Lipinski definition) is 9. The molecule has 9 nitrogen and oxygen atoms in total. The van der Waals surface area contributed by atoms with E-state index in [1.165, 1.54) is 0 Å². The van der Waals surface area contributed by atoms with Crippen LogP contribution in [0.3, 0.4) is 0 Å². The van der Waals surface area contributed by atoms with E-state index in [0.717, 1.165) is 0 Å². The number of hydrogen-bond donors (Lipinski definition) is 4. The first kappa shape index (κ1) is 14.0. The van der Waals surface area contributed by atoms with Gasteiger partial charge in [-0.2, -0.15) is 0 Å². The molecule has 1 fully saturated rings. The lowest BCUT2D eigenvalue weighted by atomic mass is 10.1. The van der Waals surface area contributed by atoms with Gasteiger partial charge >= 0.3 is 0 Å². The molecule has 4 unspecified atom stereocenters. The summed E-state index contributed by atoms with van der Waals surface area (Å²) in [5, 5.41) is 36.8. The van der Waals surface area contributed by atoms with Crippen molar-refractivity contribution >= 4 is 7.82 Å². The van der Waals surface area contributed by atoms with Crippen LogP contribution < -0.4 is 9.79 Å². The molecule has 1 saturated heterocycles. The van der Waals surface area contributed by atoms with Crippen LogP contribution in [-0.4, -0.2) is 57.7 Å². The smallest absolute Gasteiger partial charge is 0.219 e. The highest BCUT2D eigenvalue weighted by Gasteiger charge is 2.53. The third kappa shape index (κ3) is 2.98. The molecule has 1 heterocycles. The molecule has 0 aromatic heterocycles. The molecular weight excluding hydrogens is 247 g/mol. The van der Waals surface area contributed by atoms with Gasteiger partial charge in [0.2, 0.25) is 5.79 Å². The predicted molar refractivity (Wildman–Crippen MR) is 42.5 cm³/mol. The summed E-state index contributed by atoms with van der Waals surface area (Å²) in [7, 11) is -5.33. The van der Waals surface area contributed by atoms with E-state index in [9.17, 15) is 29.7 Å². The van der Waals surface area contributed by atoms with E-state index in [-0.39, 0.29) is 0 Å². The van der Waals surface area contributed by atoms with Gasteiger partial charge in [0.1, 0.15) is 24.9 Å². The second-order valence-corrected chi connectivity index (χ2v) is 4.49. The summed E-state index contributed by atoms with van der Waals surface area (Å²) in [6.45, 7) is -1.86. The summed E-state index contributed by atoms with van der Waals surface area (Å²) >= 11 is 0. The van der Waals surface area contributed by atoms with E-state index >= 15 is 0 Å². The lowest BCUT2D eigenvalue weighted by Gasteiger charge is -2.33. The van der Waals surface area contributed by atoms with Gasteiger partial charge in [-0.3, -0.25) is 0 Å². The molecule has 16 heavy (non-hydrogen) atoms. The zero-order valence-corrected chi connectivity index (χ0v) is 8.82. The molecule has 0 aromatic rings. The first-order valence-corrected chi connectivity index (χ1v) is 5.69. The average molecular weight is 258 g/mol. The Morgan fingerprint density at radius 2 is 2.00 bits per heavy atom. The second kappa shape index (κ2) is 4.65. The van der Waals surface area contributed by atoms with Gasteiger partial charge in [0.05, 0.1) is 14.4 Å². The highest BCUT2D eigenvalue weighted by atomic mass is 31.2. The maximum absolute atomic E-state index is 10.2. The Labute approximate surface area is 90.1 Å². The number of rotatable bonds is 4. The molecule has 0 aromatic carbocycles. The van der Waals surface area contributed by atoms with Crippen molar-refractivity contribution in [3.05, 3.63) is 0 Å². The normalized spacial score (nSPS) is 40.2. The van der Waals surface area contributed by atoms with Crippen LogP contribution in [0.25, 0.3) is 0 Å². The van der Waals surface area contributed by atoms with Gasteiger partial charge in [-0.15, -0.1) is 0 Å². The fourth-order valence-electron chi connectivity index (χ4n) is 1.31. The summed E-state index contributed by atoms with van der Waals surface area (Å²) in [6.07, 6.45) is -4.80. The van der Waals surface area contributed by atoms with Crippen molar-refractivity contribution in [3.63, 3.8) is 0 Å². The topological polar surface area (TPSA) is 163 Å². The number of aliphatic hydroxyl groups is 4. The van der Waals surface area contributed by atoms with Crippen LogP contribution in [0.2, 0.25) is 0 Å². The molecule has 4 atom stereocenters. The van der Waals surface area contributed by atoms with Gasteiger partial charge in [-0.25, -0.2) is 0 Å². The molecule has 0 saturated carbocycles. The number of ether oxygens (including phenoxy) is 1. The van der Waals surface area contributed by atoms with Crippen LogP contribution in [0.5, 0.6) is 0 Å². The fourth-order valence-corrected chi connectivity index (χ4v) is 1.65. The molecule has 96 valence electrons. The summed E-state index contributed by atoms with van der Waals surface area (Å²) in [6, 6.07) is 0. The first-order valence-electron chi connectivity index (χ1n) is 4.23. The first-order chi connectivity index (χ1) is 7.19. The van der Waals surface area contributed by atoms with Crippen LogP contribution in [0, 0.1) is 0 Å². The molecule has 10 heteroatoms. The van der Waals surface area contributed by atoms with Crippen molar-refractivity contribution in [3.8, 4) is 0 Å². The Morgan fingerprint density at radius 3 is 2.38 bits per heavy atom. The minimum absolute atomic E-state index is 0.701. The minimum Gasteiger partial charge on any atom is -0.790 e. The molecule has 0 aliphatic carbocycles. The summed E-state index contributed by atoms with van der Waals surface area (Å²) < 4.78 is 18.5. The standard InChI is InChI=1S/C6H13O9P/c7-1-3-4(8)5(9)6(10,15-3)2-14-16(11,12)13/h3-5,7-10H,1-2H2,(H2,11,12,13)/p-2. The van der Waals surface area contributed by atoms with E-state index in [1.807, 2.05) is 0 Å². The molecule has 0 amide bonds. The van der Waals surface area contributed by atoms with Gasteiger partial charge < -0.3 is 44.0 Å². The van der Waals surface area contributed by atoms with Gasteiger partial charge in [0, 0.05) is 0 Å². The van der Waals surface area contributed by atoms with E-state index < -0.39 is 45.1 Å². The SMILES string of the molecule is O=P([O-])([O-])OCC1(O)OC(CO)C(O)C1O. The zero-order chi connectivity index (χ0) is 12.6. The largest absolute Gasteiger partial charge is 0.790 e. The number of aliphatic hydroxyl groups excluding tert-OH is 3. The van der Waals surface area contributed by atoms with E-state index in [1.54, 1.807) is 0 Å². The Kier molecular flexibility index (Phi) is 4.06. The lowest BCUT2D eigenvalue weighted by molar-refractivity contribution is -0.350. The highest BCUT2D eigenvalue weighted by Crippen LogP contribution is 2.34. The second-order valence-electron chi connectivity index (χ2n) is 3.34. The third-order valence-electron chi connectivity index (χ3n) is 2.13. The Bertz CT molecular complexity index is 290. The summed E-state index contributed by atoms with van der Waals surface area (Å²) in [5.74, 6) is -2.54. The van der Waals surface area contributed by atoms with Gasteiger partial charge in [-0.1, -0.05) is 0 Å². The van der Waals surface area contributed by atoms with E-state index in [0.29, 0.717) is 0 Å². The molecule has 4 N–H and O–H groups in total. The molecule has 0 radical (unpaired) electrons. The summed E-state index contributed by atoms with van der Waals surface area (Å²) in [5.41, 5.74) is 0. The van der Waals surface area contributed by atoms with E-state index in [4.69, 9.17) is 5.11 Å². The highest BCUT2D eigenvalue weighted by molar-refractivity contribution is 7.43. The van der Waals surface area contributed by atoms with Crippen molar-refractivity contribution in [2.24, 2.45) is 0 Å². The summed E-state index contributed by atoms with van der Waals surface area (Å²) in [4.78, 5) is 20.3. The van der Waals surface area contributed by atoms with Crippen LogP contribution in [-0.2, 0) is 13.8 Å². The fraction of sp³-hybridized carbons (Fsp3) is 1.00. The average Bonchev–Trinajstić information content (AvgIpc) is 2.40. The quantitative estimate of drug-likeness (QED) is 0.365. The van der Waals surface area contributed by atoms with Crippen molar-refractivity contribution in [2.75, 3.05) is 13.2 Å². The van der Waals surface area contributed by atoms with Crippen molar-refractivity contribution in [2.45, 2.75) is 24.1 Å². The predicted octanol–water partition coefficient (Wildman–Crippen LogP) is -4.37. The van der Waals surface area contributed by atoms with Crippen LogP contribution in [0.15, 0.2) is 0 Å². The number of phosphoric acid groups is 1. The van der Waals surface area contributed by atoms with Crippen LogP contribution in [0.1, 0.15) is 0 Å². The molecule has 0 bridgehead atoms. The molecular formula is C6H11O9P-2. The van der Waals surface area contributed by atoms with Crippen molar-refractivity contribution in [1.29, 1.82) is 0 Å². The Morgan fingerprint density at radius 1 is 1.44 bits per heavy atom. The monoisotopic (exact) mass is 258 g/mol. The maximum Gasteiger partial charge on any atom is 0.219 e. The minimum atomic E-state index is -5.33. The van der Waals surface area contributed by atoms with Crippen LogP contribution >= 0.6 is 7.82 Å². The zero-order valence-electron chi connectivity index (χ0n) is 7.92. The van der Waals surface area contributed by atoms with Crippen LogP contribution in [0.4, 0.5) is 0 Å². The Balaban J connectivity index is 2.67. The van der Waals surface area contributed by atoms with Crippen molar-refractivity contribution in [1.82, 2.24) is 0 Å². The molecule has 0 spiro atoms. The van der Waals surface area contributed by atoms with Gasteiger partial charge in [0.15, 0.2) is 0 Å². The number of phosphoric ester groups is 1. The lowest BCUT2D eigenvalue weighted by Crippen LogP contribution is -2.47. The van der Waals surface area contributed by atoms with E-state index in [2.05, 4.69) is 9.26 Å². The Hall–Kier alpha value is -0.0900.